The van der Waals surface area contributed by atoms with Gasteiger partial charge in [0.25, 0.3) is 5.91 Å². The van der Waals surface area contributed by atoms with Crippen LogP contribution in [0.15, 0.2) is 18.2 Å². The first-order valence-electron chi connectivity index (χ1n) is 6.94. The van der Waals surface area contributed by atoms with Crippen molar-refractivity contribution in [2.45, 2.75) is 6.18 Å². The molecule has 0 bridgehead atoms. The van der Waals surface area contributed by atoms with Gasteiger partial charge in [-0.2, -0.15) is 30.2 Å². The molecule has 1 aromatic carbocycles. The molecule has 0 saturated carbocycles. The molecule has 2 rings (SSSR count). The second-order valence-electron chi connectivity index (χ2n) is 5.31. The molecule has 0 aromatic heterocycles. The molecule has 0 spiro atoms. The highest BCUT2D eigenvalue weighted by Gasteiger charge is 2.35. The zero-order valence-corrected chi connectivity index (χ0v) is 13.5. The SMILES string of the molecule is CSCC(=O)Nc1cc(C(=O)N2CC(C#N)C2)cc(C(F)(F)F)c1. The summed E-state index contributed by atoms with van der Waals surface area (Å²) in [6.07, 6.45) is -2.95. The maximum atomic E-state index is 13.0. The summed E-state index contributed by atoms with van der Waals surface area (Å²) in [4.78, 5) is 25.2. The molecule has 128 valence electrons. The average molecular weight is 357 g/mol. The minimum atomic E-state index is -4.64. The predicted molar refractivity (Wildman–Crippen MR) is 83.5 cm³/mol. The monoisotopic (exact) mass is 357 g/mol. The molecule has 0 atom stereocenters. The summed E-state index contributed by atoms with van der Waals surface area (Å²) in [5.74, 6) is -1.24. The number of alkyl halides is 3. The quantitative estimate of drug-likeness (QED) is 0.899. The first-order chi connectivity index (χ1) is 11.2. The van der Waals surface area contributed by atoms with E-state index >= 15 is 0 Å². The van der Waals surface area contributed by atoms with E-state index in [1.165, 1.54) is 22.7 Å². The van der Waals surface area contributed by atoms with Gasteiger partial charge in [-0.05, 0) is 24.5 Å². The lowest BCUT2D eigenvalue weighted by molar-refractivity contribution is -0.137. The van der Waals surface area contributed by atoms with E-state index in [-0.39, 0.29) is 36.0 Å². The van der Waals surface area contributed by atoms with E-state index in [2.05, 4.69) is 5.32 Å². The van der Waals surface area contributed by atoms with Crippen molar-refractivity contribution in [3.05, 3.63) is 29.3 Å². The second kappa shape index (κ2) is 7.13. The molecule has 1 aromatic rings. The fraction of sp³-hybridized carbons (Fsp3) is 0.400. The summed E-state index contributed by atoms with van der Waals surface area (Å²) in [6, 6.07) is 4.76. The zero-order valence-electron chi connectivity index (χ0n) is 12.7. The lowest BCUT2D eigenvalue weighted by Gasteiger charge is -2.35. The molecule has 1 fully saturated rings. The van der Waals surface area contributed by atoms with Gasteiger partial charge in [0.15, 0.2) is 0 Å². The van der Waals surface area contributed by atoms with Crippen LogP contribution in [0.2, 0.25) is 0 Å². The molecule has 0 aliphatic carbocycles. The molecule has 9 heteroatoms. The number of amides is 2. The molecule has 0 radical (unpaired) electrons. The maximum absolute atomic E-state index is 13.0. The minimum Gasteiger partial charge on any atom is -0.336 e. The van der Waals surface area contributed by atoms with E-state index < -0.39 is 23.6 Å². The van der Waals surface area contributed by atoms with Crippen molar-refractivity contribution < 1.29 is 22.8 Å². The van der Waals surface area contributed by atoms with Gasteiger partial charge in [0.05, 0.1) is 23.3 Å². The van der Waals surface area contributed by atoms with E-state index in [9.17, 15) is 22.8 Å². The minimum absolute atomic E-state index is 0.0791. The predicted octanol–water partition coefficient (Wildman–Crippen LogP) is 2.60. The molecule has 5 nitrogen and oxygen atoms in total. The molecule has 1 N–H and O–H groups in total. The van der Waals surface area contributed by atoms with Crippen molar-refractivity contribution in [2.75, 3.05) is 30.4 Å². The number of hydrogen-bond acceptors (Lipinski definition) is 4. The smallest absolute Gasteiger partial charge is 0.336 e. The number of benzene rings is 1. The Morgan fingerprint density at radius 1 is 1.38 bits per heavy atom. The number of carbonyl (C=O) groups excluding carboxylic acids is 2. The number of likely N-dealkylation sites (tertiary alicyclic amines) is 1. The van der Waals surface area contributed by atoms with Gasteiger partial charge in [0.1, 0.15) is 0 Å². The van der Waals surface area contributed by atoms with Crippen molar-refractivity contribution in [1.29, 1.82) is 5.26 Å². The third-order valence-electron chi connectivity index (χ3n) is 3.42. The van der Waals surface area contributed by atoms with Crippen molar-refractivity contribution in [2.24, 2.45) is 5.92 Å². The van der Waals surface area contributed by atoms with Crippen LogP contribution in [0.3, 0.4) is 0 Å². The van der Waals surface area contributed by atoms with Crippen LogP contribution >= 0.6 is 11.8 Å². The number of anilines is 1. The molecule has 1 aliphatic heterocycles. The van der Waals surface area contributed by atoms with E-state index in [4.69, 9.17) is 5.26 Å². The van der Waals surface area contributed by atoms with Gasteiger partial charge in [-0.1, -0.05) is 0 Å². The highest BCUT2D eigenvalue weighted by molar-refractivity contribution is 7.99. The van der Waals surface area contributed by atoms with Gasteiger partial charge in [-0.15, -0.1) is 0 Å². The third kappa shape index (κ3) is 4.20. The van der Waals surface area contributed by atoms with Gasteiger partial charge in [0, 0.05) is 24.3 Å². The van der Waals surface area contributed by atoms with Crippen LogP contribution in [0.5, 0.6) is 0 Å². The number of rotatable bonds is 4. The summed E-state index contributed by atoms with van der Waals surface area (Å²) < 4.78 is 39.1. The van der Waals surface area contributed by atoms with Crippen molar-refractivity contribution in [3.63, 3.8) is 0 Å². The topological polar surface area (TPSA) is 73.2 Å². The molecule has 1 saturated heterocycles. The summed E-state index contributed by atoms with van der Waals surface area (Å²) >= 11 is 1.23. The van der Waals surface area contributed by atoms with E-state index in [1.807, 2.05) is 6.07 Å². The Bertz CT molecular complexity index is 694. The zero-order chi connectivity index (χ0) is 17.9. The molecular weight excluding hydrogens is 343 g/mol. The van der Waals surface area contributed by atoms with Crippen molar-refractivity contribution in [3.8, 4) is 6.07 Å². The first kappa shape index (κ1) is 18.1. The van der Waals surface area contributed by atoms with Gasteiger partial charge in [-0.3, -0.25) is 9.59 Å². The van der Waals surface area contributed by atoms with Gasteiger partial charge < -0.3 is 10.2 Å². The van der Waals surface area contributed by atoms with Crippen LogP contribution in [0.1, 0.15) is 15.9 Å². The van der Waals surface area contributed by atoms with Crippen molar-refractivity contribution >= 4 is 29.3 Å². The van der Waals surface area contributed by atoms with Crippen LogP contribution in [0.25, 0.3) is 0 Å². The standard InChI is InChI=1S/C15H14F3N3O2S/c1-24-8-13(22)20-12-3-10(2-11(4-12)15(16,17)18)14(23)21-6-9(5-19)7-21/h2-4,9H,6-8H2,1H3,(H,20,22). The fourth-order valence-corrected chi connectivity index (χ4v) is 2.56. The lowest BCUT2D eigenvalue weighted by atomic mass is 9.99. The fourth-order valence-electron chi connectivity index (χ4n) is 2.22. The Hall–Kier alpha value is -2.21. The lowest BCUT2D eigenvalue weighted by Crippen LogP contribution is -2.49. The highest BCUT2D eigenvalue weighted by Crippen LogP contribution is 2.33. The van der Waals surface area contributed by atoms with Crippen molar-refractivity contribution in [1.82, 2.24) is 4.90 Å². The molecular formula is C15H14F3N3O2S. The number of nitrogens with one attached hydrogen (secondary N) is 1. The summed E-state index contributed by atoms with van der Waals surface area (Å²) in [6.45, 7) is 0.388. The van der Waals surface area contributed by atoms with Crippen LogP contribution in [-0.2, 0) is 11.0 Å². The normalized spacial score (nSPS) is 14.7. The summed E-state index contributed by atoms with van der Waals surface area (Å²) in [7, 11) is 0. The summed E-state index contributed by atoms with van der Waals surface area (Å²) in [5, 5.41) is 11.1. The Labute approximate surface area is 140 Å². The summed E-state index contributed by atoms with van der Waals surface area (Å²) in [5.41, 5.74) is -1.25. The Morgan fingerprint density at radius 2 is 2.04 bits per heavy atom. The third-order valence-corrected chi connectivity index (χ3v) is 3.97. The van der Waals surface area contributed by atoms with Gasteiger partial charge in [-0.25, -0.2) is 0 Å². The number of carbonyl (C=O) groups is 2. The van der Waals surface area contributed by atoms with E-state index in [0.717, 1.165) is 12.1 Å². The van der Waals surface area contributed by atoms with E-state index in [1.54, 1.807) is 6.26 Å². The van der Waals surface area contributed by atoms with Crippen LogP contribution in [0, 0.1) is 17.2 Å². The second-order valence-corrected chi connectivity index (χ2v) is 6.18. The Balaban J connectivity index is 2.28. The Kier molecular flexibility index (Phi) is 5.39. The van der Waals surface area contributed by atoms with Gasteiger partial charge >= 0.3 is 6.18 Å². The van der Waals surface area contributed by atoms with Crippen LogP contribution < -0.4 is 5.32 Å². The number of thioether (sulfide) groups is 1. The molecule has 24 heavy (non-hydrogen) atoms. The molecule has 2 amide bonds. The van der Waals surface area contributed by atoms with Crippen LogP contribution in [-0.4, -0.2) is 41.8 Å². The van der Waals surface area contributed by atoms with Gasteiger partial charge in [0.2, 0.25) is 5.91 Å². The largest absolute Gasteiger partial charge is 0.416 e. The Morgan fingerprint density at radius 3 is 2.58 bits per heavy atom. The maximum Gasteiger partial charge on any atom is 0.416 e. The first-order valence-corrected chi connectivity index (χ1v) is 8.34. The van der Waals surface area contributed by atoms with E-state index in [0.29, 0.717) is 0 Å². The number of nitriles is 1. The molecule has 1 heterocycles. The number of nitrogens with zero attached hydrogens (tertiary/aromatic N) is 2. The highest BCUT2D eigenvalue weighted by atomic mass is 32.2. The number of hydrogen-bond donors (Lipinski definition) is 1. The average Bonchev–Trinajstić information content (AvgIpc) is 2.45. The molecule has 0 unspecified atom stereocenters. The molecule has 1 aliphatic rings. The van der Waals surface area contributed by atoms with Crippen LogP contribution in [0.4, 0.5) is 18.9 Å². The number of halogens is 3.